The Labute approximate surface area is 128 Å². The van der Waals surface area contributed by atoms with Crippen molar-refractivity contribution in [1.29, 1.82) is 5.26 Å². The molecule has 1 aromatic carbocycles. The Morgan fingerprint density at radius 1 is 1.19 bits per heavy atom. The van der Waals surface area contributed by atoms with Crippen LogP contribution in [0, 0.1) is 18.3 Å². The van der Waals surface area contributed by atoms with Gasteiger partial charge in [-0.25, -0.2) is 0 Å². The fraction of sp³-hybridized carbons (Fsp3) is 0.444. The van der Waals surface area contributed by atoms with Crippen molar-refractivity contribution in [2.75, 3.05) is 0 Å². The van der Waals surface area contributed by atoms with Crippen molar-refractivity contribution < 1.29 is 0 Å². The summed E-state index contributed by atoms with van der Waals surface area (Å²) in [6.45, 7) is 12.6. The first kappa shape index (κ1) is 17.0. The van der Waals surface area contributed by atoms with Crippen LogP contribution >= 0.6 is 0 Å². The maximum atomic E-state index is 8.85. The third kappa shape index (κ3) is 3.52. The van der Waals surface area contributed by atoms with Crippen LogP contribution in [0.3, 0.4) is 0 Å². The first-order chi connectivity index (χ1) is 10.1. The van der Waals surface area contributed by atoms with Crippen LogP contribution in [0.15, 0.2) is 24.3 Å². The third-order valence-electron chi connectivity index (χ3n) is 3.40. The van der Waals surface area contributed by atoms with Gasteiger partial charge >= 0.3 is 0 Å². The van der Waals surface area contributed by atoms with Crippen molar-refractivity contribution in [2.45, 2.75) is 54.0 Å². The zero-order chi connectivity index (χ0) is 16.0. The van der Waals surface area contributed by atoms with E-state index in [1.54, 1.807) is 0 Å². The van der Waals surface area contributed by atoms with E-state index in [0.717, 1.165) is 17.7 Å². The van der Waals surface area contributed by atoms with Gasteiger partial charge in [-0.15, -0.1) is 0 Å². The molecule has 0 atom stereocenters. The van der Waals surface area contributed by atoms with Crippen molar-refractivity contribution in [3.8, 4) is 17.3 Å². The number of hydrogen-bond acceptors (Lipinski definition) is 2. The van der Waals surface area contributed by atoms with Gasteiger partial charge in [0.2, 0.25) is 0 Å². The zero-order valence-electron chi connectivity index (χ0n) is 13.9. The Morgan fingerprint density at radius 2 is 1.76 bits per heavy atom. The minimum absolute atomic E-state index is 0.359. The largest absolute Gasteiger partial charge is 0.266 e. The van der Waals surface area contributed by atoms with Crippen LogP contribution < -0.4 is 0 Å². The van der Waals surface area contributed by atoms with Crippen LogP contribution in [-0.2, 0) is 6.42 Å². The second-order valence-electron chi connectivity index (χ2n) is 4.99. The molecule has 0 unspecified atom stereocenters. The summed E-state index contributed by atoms with van der Waals surface area (Å²) >= 11 is 0. The molecule has 0 bridgehead atoms. The Bertz CT molecular complexity index is 613. The average molecular weight is 283 g/mol. The molecule has 0 N–H and O–H groups in total. The van der Waals surface area contributed by atoms with E-state index >= 15 is 0 Å². The van der Waals surface area contributed by atoms with Gasteiger partial charge in [0.1, 0.15) is 0 Å². The van der Waals surface area contributed by atoms with Gasteiger partial charge in [0.15, 0.2) is 0 Å². The zero-order valence-corrected chi connectivity index (χ0v) is 13.9. The van der Waals surface area contributed by atoms with E-state index in [1.807, 2.05) is 38.1 Å². The molecule has 1 aromatic heterocycles. The van der Waals surface area contributed by atoms with Crippen LogP contribution in [0.5, 0.6) is 0 Å². The van der Waals surface area contributed by atoms with Crippen molar-refractivity contribution in [3.63, 3.8) is 0 Å². The number of nitriles is 1. The van der Waals surface area contributed by atoms with E-state index in [4.69, 9.17) is 10.4 Å². The number of nitrogens with zero attached hydrogens (tertiary/aromatic N) is 3. The first-order valence-corrected chi connectivity index (χ1v) is 7.67. The Kier molecular flexibility index (Phi) is 6.17. The van der Waals surface area contributed by atoms with Gasteiger partial charge in [0, 0.05) is 22.9 Å². The molecule has 2 rings (SSSR count). The minimum atomic E-state index is 0.359. The second kappa shape index (κ2) is 7.64. The Hall–Kier alpha value is -2.08. The summed E-state index contributed by atoms with van der Waals surface area (Å²) in [5, 5.41) is 13.6. The lowest BCUT2D eigenvalue weighted by atomic mass is 10.0. The molecule has 0 saturated carbocycles. The lowest BCUT2D eigenvalue weighted by molar-refractivity contribution is 0.519. The molecule has 0 aliphatic rings. The topological polar surface area (TPSA) is 41.6 Å². The Balaban J connectivity index is 0.00000106. The number of hydrogen-bond donors (Lipinski definition) is 0. The summed E-state index contributed by atoms with van der Waals surface area (Å²) in [4.78, 5) is 0. The quantitative estimate of drug-likeness (QED) is 0.804. The lowest BCUT2D eigenvalue weighted by Crippen LogP contribution is -2.05. The summed E-state index contributed by atoms with van der Waals surface area (Å²) in [5.74, 6) is 0. The average Bonchev–Trinajstić information content (AvgIpc) is 2.86. The highest BCUT2D eigenvalue weighted by atomic mass is 15.3. The monoisotopic (exact) mass is 283 g/mol. The van der Waals surface area contributed by atoms with Gasteiger partial charge in [-0.3, -0.25) is 4.68 Å². The van der Waals surface area contributed by atoms with E-state index in [2.05, 4.69) is 38.4 Å². The highest BCUT2D eigenvalue weighted by Crippen LogP contribution is 2.27. The maximum absolute atomic E-state index is 8.85. The minimum Gasteiger partial charge on any atom is -0.266 e. The molecule has 0 aliphatic heterocycles. The Morgan fingerprint density at radius 3 is 2.19 bits per heavy atom. The van der Waals surface area contributed by atoms with Crippen LogP contribution in [0.25, 0.3) is 11.3 Å². The molecule has 0 radical (unpaired) electrons. The predicted molar refractivity (Wildman–Crippen MR) is 88.2 cm³/mol. The SMILES string of the molecule is CC.CCc1c(-c2ccc(C#N)cc2)nn(C(C)C)c1C. The smallest absolute Gasteiger partial charge is 0.0991 e. The molecular weight excluding hydrogens is 258 g/mol. The van der Waals surface area contributed by atoms with Gasteiger partial charge < -0.3 is 0 Å². The second-order valence-corrected chi connectivity index (χ2v) is 4.99. The molecule has 0 fully saturated rings. The van der Waals surface area contributed by atoms with E-state index in [0.29, 0.717) is 11.6 Å². The van der Waals surface area contributed by atoms with Gasteiger partial charge in [-0.2, -0.15) is 10.4 Å². The van der Waals surface area contributed by atoms with Gasteiger partial charge in [0.05, 0.1) is 17.3 Å². The number of aromatic nitrogens is 2. The predicted octanol–water partition coefficient (Wildman–Crippen LogP) is 4.90. The number of rotatable bonds is 3. The van der Waals surface area contributed by atoms with E-state index in [9.17, 15) is 0 Å². The first-order valence-electron chi connectivity index (χ1n) is 7.67. The summed E-state index contributed by atoms with van der Waals surface area (Å²) in [7, 11) is 0. The molecule has 3 heteroatoms. The fourth-order valence-corrected chi connectivity index (χ4v) is 2.41. The van der Waals surface area contributed by atoms with Crippen molar-refractivity contribution in [2.24, 2.45) is 0 Å². The van der Waals surface area contributed by atoms with Crippen molar-refractivity contribution >= 4 is 0 Å². The molecule has 3 nitrogen and oxygen atoms in total. The molecule has 0 saturated heterocycles. The van der Waals surface area contributed by atoms with Crippen molar-refractivity contribution in [3.05, 3.63) is 41.1 Å². The van der Waals surface area contributed by atoms with Crippen LogP contribution in [0.1, 0.15) is 57.5 Å². The van der Waals surface area contributed by atoms with E-state index in [1.165, 1.54) is 11.3 Å². The van der Waals surface area contributed by atoms with Crippen LogP contribution in [-0.4, -0.2) is 9.78 Å². The van der Waals surface area contributed by atoms with Crippen molar-refractivity contribution in [1.82, 2.24) is 9.78 Å². The van der Waals surface area contributed by atoms with Gasteiger partial charge in [0.25, 0.3) is 0 Å². The summed E-state index contributed by atoms with van der Waals surface area (Å²) in [6.07, 6.45) is 0.966. The molecule has 21 heavy (non-hydrogen) atoms. The number of benzene rings is 1. The standard InChI is InChI=1S/C16H19N3.C2H6/c1-5-15-12(4)19(11(2)3)18-16(15)14-8-6-13(10-17)7-9-14;1-2/h6-9,11H,5H2,1-4H3;1-2H3. The highest BCUT2D eigenvalue weighted by Gasteiger charge is 2.16. The van der Waals surface area contributed by atoms with Gasteiger partial charge in [-0.1, -0.05) is 32.9 Å². The molecule has 0 spiro atoms. The molecule has 1 heterocycles. The summed E-state index contributed by atoms with van der Waals surface area (Å²) in [6, 6.07) is 10.1. The lowest BCUT2D eigenvalue weighted by Gasteiger charge is -2.07. The summed E-state index contributed by atoms with van der Waals surface area (Å²) < 4.78 is 2.08. The normalized spacial score (nSPS) is 10.0. The molecule has 112 valence electrons. The highest BCUT2D eigenvalue weighted by molar-refractivity contribution is 5.65. The summed E-state index contributed by atoms with van der Waals surface area (Å²) in [5.41, 5.74) is 5.33. The van der Waals surface area contributed by atoms with Crippen LogP contribution in [0.2, 0.25) is 0 Å². The molecule has 2 aromatic rings. The molecule has 0 aliphatic carbocycles. The fourth-order valence-electron chi connectivity index (χ4n) is 2.41. The maximum Gasteiger partial charge on any atom is 0.0991 e. The molecule has 0 amide bonds. The van der Waals surface area contributed by atoms with Gasteiger partial charge in [-0.05, 0) is 39.3 Å². The van der Waals surface area contributed by atoms with E-state index in [-0.39, 0.29) is 0 Å². The molecular formula is C18H25N3. The third-order valence-corrected chi connectivity index (χ3v) is 3.40. The van der Waals surface area contributed by atoms with E-state index < -0.39 is 0 Å². The van der Waals surface area contributed by atoms with Crippen LogP contribution in [0.4, 0.5) is 0 Å².